The molecule has 4 heteroatoms. The fraction of sp³-hybridized carbons (Fsp3) is 0.294. The summed E-state index contributed by atoms with van der Waals surface area (Å²) >= 11 is 3.48. The summed E-state index contributed by atoms with van der Waals surface area (Å²) in [6.45, 7) is 4.64. The van der Waals surface area contributed by atoms with Gasteiger partial charge in [0.2, 0.25) is 0 Å². The second kappa shape index (κ2) is 7.05. The molecule has 0 aliphatic carbocycles. The maximum absolute atomic E-state index is 13.9. The molecule has 0 aliphatic heterocycles. The molecular weight excluding hydrogens is 333 g/mol. The number of rotatable bonds is 5. The summed E-state index contributed by atoms with van der Waals surface area (Å²) in [7, 11) is 0. The molecule has 0 fully saturated rings. The summed E-state index contributed by atoms with van der Waals surface area (Å²) in [6.07, 6.45) is 0.947. The molecule has 2 nitrogen and oxygen atoms in total. The average molecular weight is 352 g/mol. The van der Waals surface area contributed by atoms with Crippen molar-refractivity contribution in [3.8, 4) is 5.75 Å². The Labute approximate surface area is 133 Å². The highest BCUT2D eigenvalue weighted by Crippen LogP contribution is 2.31. The number of hydrogen-bond donors (Lipinski definition) is 1. The molecule has 0 heterocycles. The van der Waals surface area contributed by atoms with Crippen LogP contribution in [0.1, 0.15) is 36.1 Å². The average Bonchev–Trinajstić information content (AvgIpc) is 2.47. The number of halogens is 2. The van der Waals surface area contributed by atoms with Gasteiger partial charge in [-0.25, -0.2) is 4.39 Å². The van der Waals surface area contributed by atoms with E-state index in [9.17, 15) is 4.39 Å². The summed E-state index contributed by atoms with van der Waals surface area (Å²) in [5.41, 5.74) is 8.54. The van der Waals surface area contributed by atoms with Crippen LogP contribution in [-0.2, 0) is 0 Å². The Morgan fingerprint density at radius 3 is 2.67 bits per heavy atom. The predicted molar refractivity (Wildman–Crippen MR) is 87.1 cm³/mol. The Hall–Kier alpha value is -1.39. The molecule has 112 valence electrons. The van der Waals surface area contributed by atoms with Crippen LogP contribution in [0, 0.1) is 12.7 Å². The SMILES string of the molecule is CCCOc1ccc(C(N)c2cc(C)ccc2F)cc1Br. The molecule has 0 radical (unpaired) electrons. The van der Waals surface area contributed by atoms with Crippen LogP contribution in [0.4, 0.5) is 4.39 Å². The Bertz CT molecular complexity index is 630. The maximum Gasteiger partial charge on any atom is 0.133 e. The summed E-state index contributed by atoms with van der Waals surface area (Å²) in [6, 6.07) is 10.1. The second-order valence-corrected chi connectivity index (χ2v) is 5.90. The van der Waals surface area contributed by atoms with E-state index >= 15 is 0 Å². The highest BCUT2D eigenvalue weighted by molar-refractivity contribution is 9.10. The first-order valence-corrected chi connectivity index (χ1v) is 7.76. The third-order valence-corrected chi connectivity index (χ3v) is 3.88. The minimum Gasteiger partial charge on any atom is -0.492 e. The van der Waals surface area contributed by atoms with Crippen LogP contribution >= 0.6 is 15.9 Å². The van der Waals surface area contributed by atoms with Crippen LogP contribution in [0.3, 0.4) is 0 Å². The van der Waals surface area contributed by atoms with Gasteiger partial charge in [-0.05, 0) is 53.0 Å². The van der Waals surface area contributed by atoms with Gasteiger partial charge in [0.05, 0.1) is 17.1 Å². The van der Waals surface area contributed by atoms with E-state index in [1.165, 1.54) is 6.07 Å². The van der Waals surface area contributed by atoms with Crippen molar-refractivity contribution >= 4 is 15.9 Å². The van der Waals surface area contributed by atoms with Gasteiger partial charge in [0, 0.05) is 5.56 Å². The summed E-state index contributed by atoms with van der Waals surface area (Å²) in [4.78, 5) is 0. The zero-order valence-corrected chi connectivity index (χ0v) is 13.8. The molecule has 21 heavy (non-hydrogen) atoms. The fourth-order valence-corrected chi connectivity index (χ4v) is 2.63. The van der Waals surface area contributed by atoms with Crippen LogP contribution < -0.4 is 10.5 Å². The largest absolute Gasteiger partial charge is 0.492 e. The highest BCUT2D eigenvalue weighted by atomic mass is 79.9. The van der Waals surface area contributed by atoms with E-state index in [1.807, 2.05) is 25.1 Å². The van der Waals surface area contributed by atoms with Gasteiger partial charge in [0.25, 0.3) is 0 Å². The predicted octanol–water partition coefficient (Wildman–Crippen LogP) is 4.73. The molecule has 2 aromatic carbocycles. The topological polar surface area (TPSA) is 35.2 Å². The molecule has 0 aliphatic rings. The van der Waals surface area contributed by atoms with Crippen molar-refractivity contribution in [2.75, 3.05) is 6.61 Å². The number of benzene rings is 2. The molecule has 0 saturated carbocycles. The summed E-state index contributed by atoms with van der Waals surface area (Å²) in [5, 5.41) is 0. The molecule has 0 aromatic heterocycles. The standard InChI is InChI=1S/C17H19BrFNO/c1-3-8-21-16-7-5-12(10-14(16)18)17(20)13-9-11(2)4-6-15(13)19/h4-7,9-10,17H,3,8,20H2,1-2H3. The molecule has 0 bridgehead atoms. The summed E-state index contributed by atoms with van der Waals surface area (Å²) < 4.78 is 20.4. The van der Waals surface area contributed by atoms with Crippen LogP contribution in [-0.4, -0.2) is 6.61 Å². The normalized spacial score (nSPS) is 12.2. The van der Waals surface area contributed by atoms with Gasteiger partial charge in [-0.3, -0.25) is 0 Å². The monoisotopic (exact) mass is 351 g/mol. The van der Waals surface area contributed by atoms with E-state index in [-0.39, 0.29) is 5.82 Å². The molecule has 0 amide bonds. The highest BCUT2D eigenvalue weighted by Gasteiger charge is 2.15. The van der Waals surface area contributed by atoms with Gasteiger partial charge in [-0.2, -0.15) is 0 Å². The van der Waals surface area contributed by atoms with E-state index in [2.05, 4.69) is 22.9 Å². The van der Waals surface area contributed by atoms with E-state index < -0.39 is 6.04 Å². The number of ether oxygens (including phenoxy) is 1. The van der Waals surface area contributed by atoms with E-state index in [0.29, 0.717) is 12.2 Å². The van der Waals surface area contributed by atoms with Crippen LogP contribution in [0.25, 0.3) is 0 Å². The Morgan fingerprint density at radius 1 is 1.24 bits per heavy atom. The molecule has 0 saturated heterocycles. The second-order valence-electron chi connectivity index (χ2n) is 5.04. The number of aryl methyl sites for hydroxylation is 1. The lowest BCUT2D eigenvalue weighted by molar-refractivity contribution is 0.315. The molecule has 1 atom stereocenters. The van der Waals surface area contributed by atoms with E-state index in [4.69, 9.17) is 10.5 Å². The Kier molecular flexibility index (Phi) is 5.37. The van der Waals surface area contributed by atoms with Gasteiger partial charge in [0.1, 0.15) is 11.6 Å². The first kappa shape index (κ1) is 16.0. The van der Waals surface area contributed by atoms with E-state index in [1.54, 1.807) is 12.1 Å². The minimum absolute atomic E-state index is 0.282. The molecule has 2 aromatic rings. The van der Waals surface area contributed by atoms with Gasteiger partial charge in [-0.1, -0.05) is 30.7 Å². The van der Waals surface area contributed by atoms with Crippen molar-refractivity contribution in [1.29, 1.82) is 0 Å². The number of hydrogen-bond acceptors (Lipinski definition) is 2. The third kappa shape index (κ3) is 3.83. The van der Waals surface area contributed by atoms with Crippen molar-refractivity contribution in [2.45, 2.75) is 26.3 Å². The lowest BCUT2D eigenvalue weighted by Gasteiger charge is -2.16. The fourth-order valence-electron chi connectivity index (χ4n) is 2.12. The Balaban J connectivity index is 2.29. The third-order valence-electron chi connectivity index (χ3n) is 3.26. The van der Waals surface area contributed by atoms with Crippen molar-refractivity contribution in [3.63, 3.8) is 0 Å². The molecule has 2 rings (SSSR count). The first-order chi connectivity index (χ1) is 10.0. The number of nitrogens with two attached hydrogens (primary N) is 1. The van der Waals surface area contributed by atoms with Gasteiger partial charge in [0.15, 0.2) is 0 Å². The lowest BCUT2D eigenvalue weighted by Crippen LogP contribution is -2.14. The first-order valence-electron chi connectivity index (χ1n) is 6.96. The maximum atomic E-state index is 13.9. The smallest absolute Gasteiger partial charge is 0.133 e. The van der Waals surface area contributed by atoms with Crippen LogP contribution in [0.5, 0.6) is 5.75 Å². The molecule has 2 N–H and O–H groups in total. The van der Waals surface area contributed by atoms with E-state index in [0.717, 1.165) is 27.8 Å². The van der Waals surface area contributed by atoms with Crippen molar-refractivity contribution in [1.82, 2.24) is 0 Å². The van der Waals surface area contributed by atoms with Crippen molar-refractivity contribution in [2.24, 2.45) is 5.73 Å². The van der Waals surface area contributed by atoms with Crippen LogP contribution in [0.15, 0.2) is 40.9 Å². The molecular formula is C17H19BrFNO. The quantitative estimate of drug-likeness (QED) is 0.844. The van der Waals surface area contributed by atoms with Gasteiger partial charge >= 0.3 is 0 Å². The zero-order chi connectivity index (χ0) is 15.4. The van der Waals surface area contributed by atoms with Gasteiger partial charge < -0.3 is 10.5 Å². The van der Waals surface area contributed by atoms with Crippen molar-refractivity contribution < 1.29 is 9.13 Å². The molecule has 0 spiro atoms. The zero-order valence-electron chi connectivity index (χ0n) is 12.2. The van der Waals surface area contributed by atoms with Gasteiger partial charge in [-0.15, -0.1) is 0 Å². The minimum atomic E-state index is -0.499. The Morgan fingerprint density at radius 2 is 2.00 bits per heavy atom. The summed E-state index contributed by atoms with van der Waals surface area (Å²) in [5.74, 6) is 0.494. The van der Waals surface area contributed by atoms with Crippen molar-refractivity contribution in [3.05, 3.63) is 63.4 Å². The molecule has 1 unspecified atom stereocenters. The van der Waals surface area contributed by atoms with Crippen LogP contribution in [0.2, 0.25) is 0 Å². The lowest BCUT2D eigenvalue weighted by atomic mass is 9.97.